The number of carbonyl (C=O) groups is 2. The average Bonchev–Trinajstić information content (AvgIpc) is 2.79. The third kappa shape index (κ3) is 4.42. The van der Waals surface area contributed by atoms with Gasteiger partial charge < -0.3 is 19.5 Å². The summed E-state index contributed by atoms with van der Waals surface area (Å²) in [6.07, 6.45) is 3.56. The number of hydrogen-bond acceptors (Lipinski definition) is 4. The number of fused-ring (bicyclic) bond motifs is 1. The fourth-order valence-corrected chi connectivity index (χ4v) is 4.56. The first kappa shape index (κ1) is 21.3. The van der Waals surface area contributed by atoms with Crippen LogP contribution in [0.15, 0.2) is 41.3 Å². The van der Waals surface area contributed by atoms with Gasteiger partial charge in [-0.25, -0.2) is 0 Å². The van der Waals surface area contributed by atoms with Crippen molar-refractivity contribution in [1.29, 1.82) is 0 Å². The number of β-amino-alcohol motifs (C(OH)–C–C–N with tert-alkyl or cyclic N) is 1. The van der Waals surface area contributed by atoms with Crippen molar-refractivity contribution in [2.75, 3.05) is 19.6 Å². The molecule has 1 aromatic heterocycles. The fraction of sp³-hybridized carbons (Fsp3) is 0.458. The van der Waals surface area contributed by atoms with Crippen LogP contribution >= 0.6 is 0 Å². The van der Waals surface area contributed by atoms with E-state index in [0.29, 0.717) is 45.4 Å². The summed E-state index contributed by atoms with van der Waals surface area (Å²) >= 11 is 0. The Hall–Kier alpha value is -2.93. The predicted octanol–water partition coefficient (Wildman–Crippen LogP) is 1.79. The normalized spacial score (nSPS) is 18.6. The second kappa shape index (κ2) is 9.06. The van der Waals surface area contributed by atoms with Crippen LogP contribution in [0.1, 0.15) is 53.2 Å². The number of aliphatic hydroxyl groups is 1. The Labute approximate surface area is 181 Å². The molecular weight excluding hydrogens is 394 g/mol. The van der Waals surface area contributed by atoms with Crippen LogP contribution in [0.3, 0.4) is 0 Å². The van der Waals surface area contributed by atoms with Crippen molar-refractivity contribution in [3.8, 4) is 0 Å². The minimum Gasteiger partial charge on any atom is -0.391 e. The second-order valence-corrected chi connectivity index (χ2v) is 8.39. The lowest BCUT2D eigenvalue weighted by Crippen LogP contribution is -2.46. The number of hydrogen-bond donors (Lipinski definition) is 1. The number of amides is 2. The molecule has 4 rings (SSSR count). The molecule has 0 aliphatic carbocycles. The van der Waals surface area contributed by atoms with Crippen molar-refractivity contribution in [3.63, 3.8) is 0 Å². The van der Waals surface area contributed by atoms with Crippen molar-refractivity contribution in [3.05, 3.63) is 69.1 Å². The zero-order chi connectivity index (χ0) is 22.0. The molecule has 2 amide bonds. The Bertz CT molecular complexity index is 1030. The van der Waals surface area contributed by atoms with E-state index in [0.717, 1.165) is 23.1 Å². The van der Waals surface area contributed by atoms with Crippen LogP contribution in [-0.2, 0) is 24.3 Å². The van der Waals surface area contributed by atoms with E-state index in [2.05, 4.69) is 0 Å². The number of nitrogens with zero attached hydrogens (tertiary/aromatic N) is 3. The van der Waals surface area contributed by atoms with Gasteiger partial charge in [-0.15, -0.1) is 0 Å². The topological polar surface area (TPSA) is 82.9 Å². The number of likely N-dealkylation sites (tertiary alicyclic amines) is 1. The summed E-state index contributed by atoms with van der Waals surface area (Å²) in [7, 11) is 0. The van der Waals surface area contributed by atoms with E-state index in [-0.39, 0.29) is 29.5 Å². The Balaban J connectivity index is 1.77. The molecule has 2 aliphatic heterocycles. The van der Waals surface area contributed by atoms with Crippen LogP contribution in [0.25, 0.3) is 0 Å². The van der Waals surface area contributed by atoms with Crippen LogP contribution in [0, 0.1) is 0 Å². The molecule has 1 fully saturated rings. The Morgan fingerprint density at radius 1 is 1.13 bits per heavy atom. The number of pyridine rings is 1. The van der Waals surface area contributed by atoms with Crippen molar-refractivity contribution >= 4 is 11.8 Å². The molecule has 3 heterocycles. The third-order valence-corrected chi connectivity index (χ3v) is 6.22. The largest absolute Gasteiger partial charge is 0.391 e. The van der Waals surface area contributed by atoms with Gasteiger partial charge in [0.25, 0.3) is 11.5 Å². The number of aromatic nitrogens is 1. The Morgan fingerprint density at radius 2 is 1.90 bits per heavy atom. The molecule has 0 spiro atoms. The van der Waals surface area contributed by atoms with Gasteiger partial charge >= 0.3 is 0 Å². The molecule has 164 valence electrons. The molecule has 0 bridgehead atoms. The molecule has 1 atom stereocenters. The quantitative estimate of drug-likeness (QED) is 0.813. The number of aliphatic hydroxyl groups excluding tert-OH is 1. The smallest absolute Gasteiger partial charge is 0.264 e. The highest BCUT2D eigenvalue weighted by Gasteiger charge is 2.31. The molecule has 1 saturated heterocycles. The molecule has 2 aliphatic rings. The molecule has 1 aromatic carbocycles. The van der Waals surface area contributed by atoms with Crippen molar-refractivity contribution in [2.45, 2.75) is 51.8 Å². The second-order valence-electron chi connectivity index (χ2n) is 8.39. The molecule has 7 nitrogen and oxygen atoms in total. The van der Waals surface area contributed by atoms with Crippen LogP contribution < -0.4 is 5.56 Å². The molecule has 7 heteroatoms. The molecule has 1 unspecified atom stereocenters. The number of piperidine rings is 1. The summed E-state index contributed by atoms with van der Waals surface area (Å²) < 4.78 is 1.59. The predicted molar refractivity (Wildman–Crippen MR) is 117 cm³/mol. The fourth-order valence-electron chi connectivity index (χ4n) is 4.56. The summed E-state index contributed by atoms with van der Waals surface area (Å²) in [5.74, 6) is -0.240. The highest BCUT2D eigenvalue weighted by atomic mass is 16.3. The zero-order valence-electron chi connectivity index (χ0n) is 17.9. The number of carbonyl (C=O) groups excluding carboxylic acids is 2. The summed E-state index contributed by atoms with van der Waals surface area (Å²) in [5.41, 5.74) is 2.46. The maximum atomic E-state index is 13.5. The van der Waals surface area contributed by atoms with Crippen LogP contribution in [-0.4, -0.2) is 57.0 Å². The van der Waals surface area contributed by atoms with Crippen LogP contribution in [0.2, 0.25) is 0 Å². The van der Waals surface area contributed by atoms with Gasteiger partial charge in [0.15, 0.2) is 0 Å². The van der Waals surface area contributed by atoms with Gasteiger partial charge in [-0.3, -0.25) is 14.4 Å². The maximum Gasteiger partial charge on any atom is 0.264 e. The first-order valence-corrected chi connectivity index (χ1v) is 11.0. The van der Waals surface area contributed by atoms with E-state index in [1.807, 2.05) is 43.5 Å². The van der Waals surface area contributed by atoms with E-state index < -0.39 is 6.10 Å². The molecule has 0 saturated carbocycles. The zero-order valence-corrected chi connectivity index (χ0v) is 17.9. The van der Waals surface area contributed by atoms with Crippen molar-refractivity contribution in [1.82, 2.24) is 14.4 Å². The Kier molecular flexibility index (Phi) is 6.23. The summed E-state index contributed by atoms with van der Waals surface area (Å²) in [4.78, 5) is 42.6. The van der Waals surface area contributed by atoms with E-state index in [9.17, 15) is 19.5 Å². The lowest BCUT2D eigenvalue weighted by molar-refractivity contribution is -0.131. The third-order valence-electron chi connectivity index (χ3n) is 6.22. The van der Waals surface area contributed by atoms with Gasteiger partial charge in [0, 0.05) is 38.8 Å². The lowest BCUT2D eigenvalue weighted by atomic mass is 9.94. The highest BCUT2D eigenvalue weighted by Crippen LogP contribution is 2.24. The van der Waals surface area contributed by atoms with Crippen molar-refractivity contribution < 1.29 is 14.7 Å². The SMILES string of the molecule is CCC(=O)N1CCc2c(cn(Cc3ccccc3)c(=O)c2C(=O)N2CCCC(O)C2)C1. The van der Waals surface area contributed by atoms with Crippen LogP contribution in [0.5, 0.6) is 0 Å². The number of benzene rings is 1. The maximum absolute atomic E-state index is 13.5. The highest BCUT2D eigenvalue weighted by molar-refractivity contribution is 5.96. The van der Waals surface area contributed by atoms with Gasteiger partial charge in [0.2, 0.25) is 5.91 Å². The monoisotopic (exact) mass is 423 g/mol. The van der Waals surface area contributed by atoms with Gasteiger partial charge in [0.05, 0.1) is 12.6 Å². The van der Waals surface area contributed by atoms with E-state index >= 15 is 0 Å². The van der Waals surface area contributed by atoms with Gasteiger partial charge in [-0.05, 0) is 36.0 Å². The van der Waals surface area contributed by atoms with E-state index in [4.69, 9.17) is 0 Å². The van der Waals surface area contributed by atoms with E-state index in [1.165, 1.54) is 0 Å². The first-order valence-electron chi connectivity index (χ1n) is 11.0. The Morgan fingerprint density at radius 3 is 2.61 bits per heavy atom. The number of rotatable bonds is 4. The van der Waals surface area contributed by atoms with E-state index in [1.54, 1.807) is 14.4 Å². The van der Waals surface area contributed by atoms with Gasteiger partial charge in [-0.2, -0.15) is 0 Å². The molecule has 1 N–H and O–H groups in total. The van der Waals surface area contributed by atoms with Gasteiger partial charge in [-0.1, -0.05) is 37.3 Å². The summed E-state index contributed by atoms with van der Waals surface area (Å²) in [5, 5.41) is 10.0. The molecular formula is C24H29N3O4. The molecule has 31 heavy (non-hydrogen) atoms. The average molecular weight is 424 g/mol. The van der Waals surface area contributed by atoms with Crippen LogP contribution in [0.4, 0.5) is 0 Å². The molecule has 0 radical (unpaired) electrons. The lowest BCUT2D eigenvalue weighted by Gasteiger charge is -2.33. The summed E-state index contributed by atoms with van der Waals surface area (Å²) in [6, 6.07) is 9.65. The minimum atomic E-state index is -0.554. The van der Waals surface area contributed by atoms with Gasteiger partial charge in [0.1, 0.15) is 5.56 Å². The van der Waals surface area contributed by atoms with Crippen molar-refractivity contribution in [2.24, 2.45) is 0 Å². The standard InChI is InChI=1S/C24H29N3O4/c1-2-21(29)25-12-10-20-18(14-25)15-27(13-17-7-4-3-5-8-17)24(31)22(20)23(30)26-11-6-9-19(28)16-26/h3-5,7-8,15,19,28H,2,6,9-14,16H2,1H3. The first-order chi connectivity index (χ1) is 15.0. The minimum absolute atomic E-state index is 0.0680. The molecule has 2 aromatic rings. The summed E-state index contributed by atoms with van der Waals surface area (Å²) in [6.45, 7) is 3.90.